The summed E-state index contributed by atoms with van der Waals surface area (Å²) >= 11 is -2.72. The second-order valence-corrected chi connectivity index (χ2v) is 1.72. The van der Waals surface area contributed by atoms with Gasteiger partial charge in [-0.05, 0) is 6.92 Å². The van der Waals surface area contributed by atoms with Gasteiger partial charge in [-0.3, -0.25) is 4.21 Å². The summed E-state index contributed by atoms with van der Waals surface area (Å²) < 4.78 is 23.3. The van der Waals surface area contributed by atoms with Crippen molar-refractivity contribution in [1.82, 2.24) is 0 Å². The third-order valence-corrected chi connectivity index (χ3v) is 0.788. The minimum Gasteiger partial charge on any atom is -0.764 e. The lowest BCUT2D eigenvalue weighted by atomic mass is 10.9. The molecule has 5 heteroatoms. The number of rotatable bonds is 1. The molecule has 0 radical (unpaired) electrons. The second kappa shape index (κ2) is 3.57. The van der Waals surface area contributed by atoms with Crippen LogP contribution >= 0.6 is 0 Å². The lowest BCUT2D eigenvalue weighted by Crippen LogP contribution is -2.07. The van der Waals surface area contributed by atoms with E-state index in [-0.39, 0.29) is 6.61 Å². The van der Waals surface area contributed by atoms with Crippen molar-refractivity contribution in [3.63, 3.8) is 0 Å². The summed E-state index contributed by atoms with van der Waals surface area (Å²) in [6.07, 6.45) is 0. The monoisotopic (exact) mass is 137 g/mol. The van der Waals surface area contributed by atoms with E-state index in [1.165, 1.54) is 6.92 Å². The molecule has 0 spiro atoms. The molecule has 0 aliphatic carbocycles. The minimum absolute atomic E-state index is 0.0901. The van der Waals surface area contributed by atoms with Crippen LogP contribution in [0.3, 0.4) is 0 Å². The molecule has 0 rings (SSSR count). The molecule has 0 aliphatic rings. The fourth-order valence-corrected chi connectivity index (χ4v) is 0.380. The molecule has 0 heterocycles. The Balaban J connectivity index is 3.49. The Bertz CT molecular complexity index is 110. The lowest BCUT2D eigenvalue weighted by Gasteiger charge is -2.01. The van der Waals surface area contributed by atoms with E-state index in [0.29, 0.717) is 0 Å². The minimum atomic E-state index is -2.72. The summed E-state index contributed by atoms with van der Waals surface area (Å²) in [7, 11) is 0. The number of ether oxygens (including phenoxy) is 1. The van der Waals surface area contributed by atoms with Crippen LogP contribution in [-0.2, 0) is 15.8 Å². The average molecular weight is 137 g/mol. The zero-order chi connectivity index (χ0) is 6.57. The van der Waals surface area contributed by atoms with Crippen LogP contribution in [0, 0.1) is 0 Å². The molecule has 1 unspecified atom stereocenters. The molecule has 0 aromatic heterocycles. The molecule has 48 valence electrons. The van der Waals surface area contributed by atoms with Gasteiger partial charge in [0, 0.05) is 0 Å². The normalized spacial score (nSPS) is 12.8. The average Bonchev–Trinajstić information content (AvgIpc) is 1.67. The van der Waals surface area contributed by atoms with Crippen LogP contribution in [0.4, 0.5) is 4.79 Å². The summed E-state index contributed by atoms with van der Waals surface area (Å²) in [6, 6.07) is 0. The molecule has 4 nitrogen and oxygen atoms in total. The second-order valence-electron chi connectivity index (χ2n) is 0.918. The first-order valence-electron chi connectivity index (χ1n) is 1.94. The standard InChI is InChI=1S/C3H6O4S/c1-2-7-3(4)8(5)6/h2H2,1H3,(H,5,6)/p-1. The van der Waals surface area contributed by atoms with Gasteiger partial charge in [-0.2, -0.15) is 0 Å². The van der Waals surface area contributed by atoms with E-state index in [1.807, 2.05) is 0 Å². The maximum atomic E-state index is 9.91. The largest absolute Gasteiger partial charge is 0.764 e. The van der Waals surface area contributed by atoms with Crippen molar-refractivity contribution >= 4 is 16.4 Å². The Morgan fingerprint density at radius 3 is 2.50 bits per heavy atom. The highest BCUT2D eigenvalue weighted by Gasteiger charge is 1.97. The van der Waals surface area contributed by atoms with Crippen LogP contribution < -0.4 is 0 Å². The molecule has 0 N–H and O–H groups in total. The van der Waals surface area contributed by atoms with E-state index in [1.54, 1.807) is 0 Å². The van der Waals surface area contributed by atoms with Gasteiger partial charge >= 0.3 is 5.30 Å². The topological polar surface area (TPSA) is 66.4 Å². The fraction of sp³-hybridized carbons (Fsp3) is 0.667. The number of carbonyl (C=O) groups excluding carboxylic acids is 1. The van der Waals surface area contributed by atoms with Gasteiger partial charge in [0.1, 0.15) is 0 Å². The van der Waals surface area contributed by atoms with E-state index in [2.05, 4.69) is 4.74 Å². The Hall–Kier alpha value is -0.420. The lowest BCUT2D eigenvalue weighted by molar-refractivity contribution is 0.177. The maximum absolute atomic E-state index is 9.91. The predicted octanol–water partition coefficient (Wildman–Crippen LogP) is 0.0220. The molecule has 0 amide bonds. The highest BCUT2D eigenvalue weighted by molar-refractivity contribution is 7.94. The Morgan fingerprint density at radius 1 is 1.88 bits per heavy atom. The summed E-state index contributed by atoms with van der Waals surface area (Å²) in [4.78, 5) is 9.91. The van der Waals surface area contributed by atoms with Crippen molar-refractivity contribution in [2.75, 3.05) is 6.61 Å². The summed E-state index contributed by atoms with van der Waals surface area (Å²) in [5.74, 6) is 0. The SMILES string of the molecule is CCOC(=O)S(=O)[O-]. The van der Waals surface area contributed by atoms with Crippen molar-refractivity contribution in [3.05, 3.63) is 0 Å². The van der Waals surface area contributed by atoms with Gasteiger partial charge in [-0.25, -0.2) is 4.79 Å². The van der Waals surface area contributed by atoms with Gasteiger partial charge < -0.3 is 9.29 Å². The van der Waals surface area contributed by atoms with Crippen LogP contribution in [0.15, 0.2) is 0 Å². The van der Waals surface area contributed by atoms with Gasteiger partial charge in [0.25, 0.3) is 0 Å². The molecule has 0 fully saturated rings. The number of carbonyl (C=O) groups is 1. The highest BCUT2D eigenvalue weighted by atomic mass is 32.2. The van der Waals surface area contributed by atoms with Gasteiger partial charge in [0.2, 0.25) is 0 Å². The zero-order valence-corrected chi connectivity index (χ0v) is 5.06. The van der Waals surface area contributed by atoms with Crippen molar-refractivity contribution in [2.24, 2.45) is 0 Å². The van der Waals surface area contributed by atoms with Crippen molar-refractivity contribution in [1.29, 1.82) is 0 Å². The Kier molecular flexibility index (Phi) is 3.38. The molecule has 0 aromatic rings. The van der Waals surface area contributed by atoms with Crippen molar-refractivity contribution < 1.29 is 18.3 Å². The number of hydrogen-bond donors (Lipinski definition) is 0. The predicted molar refractivity (Wildman–Crippen MR) is 25.9 cm³/mol. The first-order chi connectivity index (χ1) is 3.68. The molecular weight excluding hydrogens is 132 g/mol. The molecule has 0 aromatic carbocycles. The molecule has 0 aliphatic heterocycles. The van der Waals surface area contributed by atoms with Crippen LogP contribution in [0.25, 0.3) is 0 Å². The van der Waals surface area contributed by atoms with E-state index >= 15 is 0 Å². The van der Waals surface area contributed by atoms with Crippen LogP contribution in [0.2, 0.25) is 0 Å². The summed E-state index contributed by atoms with van der Waals surface area (Å²) in [6.45, 7) is 1.62. The third kappa shape index (κ3) is 2.70. The van der Waals surface area contributed by atoms with Crippen LogP contribution in [0.5, 0.6) is 0 Å². The van der Waals surface area contributed by atoms with Gasteiger partial charge in [-0.1, -0.05) is 0 Å². The molecule has 0 saturated heterocycles. The summed E-state index contributed by atoms with van der Waals surface area (Å²) in [5, 5.41) is -1.20. The smallest absolute Gasteiger partial charge is 0.384 e. The van der Waals surface area contributed by atoms with Crippen molar-refractivity contribution in [2.45, 2.75) is 6.92 Å². The van der Waals surface area contributed by atoms with Gasteiger partial charge in [0.15, 0.2) is 0 Å². The Morgan fingerprint density at radius 2 is 2.38 bits per heavy atom. The molecule has 1 atom stereocenters. The van der Waals surface area contributed by atoms with Crippen LogP contribution in [-0.4, -0.2) is 20.7 Å². The molecule has 8 heavy (non-hydrogen) atoms. The van der Waals surface area contributed by atoms with Crippen molar-refractivity contribution in [3.8, 4) is 0 Å². The molecule has 0 bridgehead atoms. The quantitative estimate of drug-likeness (QED) is 0.377. The van der Waals surface area contributed by atoms with Gasteiger partial charge in [-0.15, -0.1) is 0 Å². The van der Waals surface area contributed by atoms with E-state index in [0.717, 1.165) is 0 Å². The van der Waals surface area contributed by atoms with Gasteiger partial charge in [0.05, 0.1) is 17.7 Å². The van der Waals surface area contributed by atoms with Crippen LogP contribution in [0.1, 0.15) is 6.92 Å². The fourth-order valence-electron chi connectivity index (χ4n) is 0.166. The molecular formula is C3H5O4S-. The molecule has 0 saturated carbocycles. The van der Waals surface area contributed by atoms with E-state index in [4.69, 9.17) is 0 Å². The highest BCUT2D eigenvalue weighted by Crippen LogP contribution is 1.83. The van der Waals surface area contributed by atoms with E-state index in [9.17, 15) is 13.6 Å². The first-order valence-corrected chi connectivity index (χ1v) is 3.02. The number of hydrogen-bond acceptors (Lipinski definition) is 4. The van der Waals surface area contributed by atoms with E-state index < -0.39 is 16.4 Å². The first kappa shape index (κ1) is 7.58. The zero-order valence-electron chi connectivity index (χ0n) is 4.25. The third-order valence-electron chi connectivity index (χ3n) is 0.398. The maximum Gasteiger partial charge on any atom is 0.384 e. The summed E-state index contributed by atoms with van der Waals surface area (Å²) in [5.41, 5.74) is 0. The Labute approximate surface area is 49.1 Å².